The third-order valence-electron chi connectivity index (χ3n) is 1.16. The van der Waals surface area contributed by atoms with E-state index >= 15 is 0 Å². The molecule has 0 aromatic carbocycles. The van der Waals surface area contributed by atoms with E-state index in [2.05, 4.69) is 0 Å². The lowest BCUT2D eigenvalue weighted by atomic mass is 10.5. The third kappa shape index (κ3) is 2.54. The fourth-order valence-electron chi connectivity index (χ4n) is 0.783. The van der Waals surface area contributed by atoms with Crippen molar-refractivity contribution in [1.82, 2.24) is 4.73 Å². The van der Waals surface area contributed by atoms with Gasteiger partial charge in [0, 0.05) is 12.3 Å². The van der Waals surface area contributed by atoms with Crippen molar-refractivity contribution in [2.45, 2.75) is 19.6 Å². The normalized spacial score (nSPS) is 11.2. The number of hydrogen-bond donors (Lipinski definition) is 0. The first-order valence-electron chi connectivity index (χ1n) is 3.86. The number of pyridine rings is 1. The first kappa shape index (κ1) is 9.06. The lowest BCUT2D eigenvalue weighted by Crippen LogP contribution is -2.41. The quantitative estimate of drug-likeness (QED) is 0.643. The highest BCUT2D eigenvalue weighted by Gasteiger charge is 2.17. The summed E-state index contributed by atoms with van der Waals surface area (Å²) in [6.07, 6.45) is 1.64. The van der Waals surface area contributed by atoms with Crippen molar-refractivity contribution in [3.05, 3.63) is 34.7 Å². The molecule has 12 heavy (non-hydrogen) atoms. The van der Waals surface area contributed by atoms with Gasteiger partial charge in [0.1, 0.15) is 0 Å². The third-order valence-corrected chi connectivity index (χ3v) is 1.91. The zero-order valence-corrected chi connectivity index (χ0v) is 8.57. The topological polar surface area (TPSA) is 31.2 Å². The Bertz CT molecular complexity index is 313. The van der Waals surface area contributed by atoms with Gasteiger partial charge in [0.25, 0.3) is 13.9 Å². The molecule has 0 amide bonds. The summed E-state index contributed by atoms with van der Waals surface area (Å²) in [7, 11) is -1.67. The maximum Gasteiger partial charge on any atom is 0.281 e. The minimum atomic E-state index is -1.67. The maximum absolute atomic E-state index is 11.2. The molecular weight excluding hydrogens is 170 g/mol. The van der Waals surface area contributed by atoms with Crippen molar-refractivity contribution < 1.29 is 4.53 Å². The van der Waals surface area contributed by atoms with E-state index in [4.69, 9.17) is 4.53 Å². The zero-order chi connectivity index (χ0) is 9.19. The first-order valence-corrected chi connectivity index (χ1v) is 7.27. The van der Waals surface area contributed by atoms with Gasteiger partial charge in [-0.2, -0.15) is 4.73 Å². The second kappa shape index (κ2) is 3.14. The van der Waals surface area contributed by atoms with Crippen molar-refractivity contribution in [3.63, 3.8) is 0 Å². The van der Waals surface area contributed by atoms with Gasteiger partial charge in [-0.1, -0.05) is 6.07 Å². The standard InChI is InChI=1S/C8H13NO2Si/c1-12(2,3)11-9-7-5-4-6-8(9)10/h4-7H,1-3H3. The Morgan fingerprint density at radius 1 is 1.33 bits per heavy atom. The van der Waals surface area contributed by atoms with Gasteiger partial charge in [-0.15, -0.1) is 0 Å². The van der Waals surface area contributed by atoms with Gasteiger partial charge in [0.05, 0.1) is 0 Å². The van der Waals surface area contributed by atoms with E-state index in [1.165, 1.54) is 10.8 Å². The second-order valence-electron chi connectivity index (χ2n) is 3.57. The Labute approximate surface area is 72.7 Å². The van der Waals surface area contributed by atoms with Crippen LogP contribution in [0.15, 0.2) is 29.2 Å². The highest BCUT2D eigenvalue weighted by atomic mass is 28.4. The fraction of sp³-hybridized carbons (Fsp3) is 0.375. The monoisotopic (exact) mass is 183 g/mol. The summed E-state index contributed by atoms with van der Waals surface area (Å²) in [5, 5.41) is 0. The number of nitrogens with zero attached hydrogens (tertiary/aromatic N) is 1. The van der Waals surface area contributed by atoms with Crippen LogP contribution in [0.3, 0.4) is 0 Å². The van der Waals surface area contributed by atoms with Crippen molar-refractivity contribution >= 4 is 8.32 Å². The summed E-state index contributed by atoms with van der Waals surface area (Å²) in [5.41, 5.74) is -0.111. The Kier molecular flexibility index (Phi) is 2.37. The van der Waals surface area contributed by atoms with Crippen molar-refractivity contribution in [2.75, 3.05) is 0 Å². The molecule has 0 fully saturated rings. The molecule has 0 bridgehead atoms. The number of rotatable bonds is 2. The van der Waals surface area contributed by atoms with E-state index in [1.807, 2.05) is 19.6 Å². The van der Waals surface area contributed by atoms with Crippen LogP contribution in [-0.4, -0.2) is 13.0 Å². The minimum absolute atomic E-state index is 0.111. The molecule has 1 aromatic heterocycles. The Balaban J connectivity index is 2.91. The summed E-state index contributed by atoms with van der Waals surface area (Å²) in [6, 6.07) is 4.97. The summed E-state index contributed by atoms with van der Waals surface area (Å²) >= 11 is 0. The first-order chi connectivity index (χ1) is 5.49. The molecular formula is C8H13NO2Si. The molecule has 1 heterocycles. The van der Waals surface area contributed by atoms with Crippen LogP contribution in [0.5, 0.6) is 0 Å². The van der Waals surface area contributed by atoms with Crippen LogP contribution in [0, 0.1) is 0 Å². The fourth-order valence-corrected chi connectivity index (χ4v) is 1.52. The molecule has 0 aliphatic heterocycles. The predicted molar refractivity (Wildman–Crippen MR) is 50.6 cm³/mol. The molecule has 0 aliphatic carbocycles. The smallest absolute Gasteiger partial charge is 0.281 e. The van der Waals surface area contributed by atoms with Gasteiger partial charge in [0.15, 0.2) is 0 Å². The molecule has 0 saturated heterocycles. The van der Waals surface area contributed by atoms with Gasteiger partial charge in [-0.25, -0.2) is 0 Å². The minimum Gasteiger partial charge on any atom is -0.468 e. The molecule has 3 nitrogen and oxygen atoms in total. The van der Waals surface area contributed by atoms with E-state index in [9.17, 15) is 4.79 Å². The van der Waals surface area contributed by atoms with Gasteiger partial charge in [0.2, 0.25) is 0 Å². The summed E-state index contributed by atoms with van der Waals surface area (Å²) in [6.45, 7) is 6.10. The summed E-state index contributed by atoms with van der Waals surface area (Å²) < 4.78 is 6.77. The molecule has 1 aromatic rings. The van der Waals surface area contributed by atoms with Gasteiger partial charge < -0.3 is 4.53 Å². The molecule has 4 heteroatoms. The van der Waals surface area contributed by atoms with Gasteiger partial charge in [-0.05, 0) is 25.7 Å². The highest BCUT2D eigenvalue weighted by Crippen LogP contribution is 1.96. The van der Waals surface area contributed by atoms with Crippen LogP contribution in [0.25, 0.3) is 0 Å². The molecule has 0 radical (unpaired) electrons. The molecule has 0 atom stereocenters. The van der Waals surface area contributed by atoms with Gasteiger partial charge >= 0.3 is 0 Å². The average molecular weight is 183 g/mol. The van der Waals surface area contributed by atoms with Crippen LogP contribution in [0.1, 0.15) is 0 Å². The van der Waals surface area contributed by atoms with Crippen LogP contribution in [0.4, 0.5) is 0 Å². The summed E-state index contributed by atoms with van der Waals surface area (Å²) in [5.74, 6) is 0. The zero-order valence-electron chi connectivity index (χ0n) is 7.57. The Hall–Kier alpha value is -1.03. The van der Waals surface area contributed by atoms with Gasteiger partial charge in [-0.3, -0.25) is 4.79 Å². The van der Waals surface area contributed by atoms with Crippen molar-refractivity contribution in [3.8, 4) is 0 Å². The molecule has 0 saturated carbocycles. The molecule has 0 aliphatic rings. The molecule has 0 unspecified atom stereocenters. The number of aromatic nitrogens is 1. The van der Waals surface area contributed by atoms with E-state index in [1.54, 1.807) is 18.3 Å². The van der Waals surface area contributed by atoms with Crippen molar-refractivity contribution in [1.29, 1.82) is 0 Å². The largest absolute Gasteiger partial charge is 0.468 e. The SMILES string of the molecule is C[Si](C)(C)On1ccccc1=O. The Morgan fingerprint density at radius 2 is 2.00 bits per heavy atom. The summed E-state index contributed by atoms with van der Waals surface area (Å²) in [4.78, 5) is 11.2. The van der Waals surface area contributed by atoms with Crippen LogP contribution < -0.4 is 10.1 Å². The number of hydrogen-bond acceptors (Lipinski definition) is 2. The average Bonchev–Trinajstić information content (AvgIpc) is 1.91. The van der Waals surface area contributed by atoms with E-state index in [0.29, 0.717) is 0 Å². The lowest BCUT2D eigenvalue weighted by molar-refractivity contribution is 0.255. The van der Waals surface area contributed by atoms with Crippen LogP contribution in [-0.2, 0) is 0 Å². The van der Waals surface area contributed by atoms with E-state index < -0.39 is 8.32 Å². The maximum atomic E-state index is 11.2. The molecule has 1 rings (SSSR count). The van der Waals surface area contributed by atoms with E-state index in [0.717, 1.165) is 0 Å². The second-order valence-corrected chi connectivity index (χ2v) is 7.98. The van der Waals surface area contributed by atoms with Crippen LogP contribution in [0.2, 0.25) is 19.6 Å². The highest BCUT2D eigenvalue weighted by molar-refractivity contribution is 6.69. The lowest BCUT2D eigenvalue weighted by Gasteiger charge is -2.19. The Morgan fingerprint density at radius 3 is 2.50 bits per heavy atom. The van der Waals surface area contributed by atoms with E-state index in [-0.39, 0.29) is 5.56 Å². The molecule has 66 valence electrons. The molecule has 0 spiro atoms. The molecule has 0 N–H and O–H groups in total. The van der Waals surface area contributed by atoms with Crippen molar-refractivity contribution in [2.24, 2.45) is 0 Å². The predicted octanol–water partition coefficient (Wildman–Crippen LogP) is 1.11. The van der Waals surface area contributed by atoms with Crippen LogP contribution >= 0.6 is 0 Å².